The highest BCUT2D eigenvalue weighted by Crippen LogP contribution is 2.28. The van der Waals surface area contributed by atoms with E-state index in [1.165, 1.54) is 55.5 Å². The molecule has 2 aromatic rings. The third-order valence-corrected chi connectivity index (χ3v) is 22.9. The molecule has 4 aliphatic rings. The van der Waals surface area contributed by atoms with Gasteiger partial charge in [0.2, 0.25) is 82.7 Å². The van der Waals surface area contributed by atoms with Gasteiger partial charge in [0.1, 0.15) is 84.0 Å². The van der Waals surface area contributed by atoms with Gasteiger partial charge < -0.3 is 106 Å². The van der Waals surface area contributed by atoms with E-state index in [1.54, 1.807) is 0 Å². The average Bonchev–Trinajstić information content (AvgIpc) is 1.75. The van der Waals surface area contributed by atoms with E-state index in [4.69, 9.17) is 11.5 Å². The monoisotopic (exact) mass is 1530 g/mol. The van der Waals surface area contributed by atoms with Crippen LogP contribution in [0.1, 0.15) is 57.1 Å². The Hall–Kier alpha value is -8.42. The molecule has 14 amide bonds. The van der Waals surface area contributed by atoms with E-state index in [2.05, 4.69) is 63.8 Å². The molecular formula is C59H79N15O21S6. The summed E-state index contributed by atoms with van der Waals surface area (Å²) in [7, 11) is 4.74. The summed E-state index contributed by atoms with van der Waals surface area (Å²) in [4.78, 5) is 227. The molecule has 36 nitrogen and oxygen atoms in total. The third kappa shape index (κ3) is 25.9. The number of phenols is 2. The number of nitrogens with one attached hydrogen (secondary N) is 12. The van der Waals surface area contributed by atoms with Crippen molar-refractivity contribution in [2.45, 2.75) is 143 Å². The zero-order valence-electron chi connectivity index (χ0n) is 54.1. The molecule has 1 unspecified atom stereocenters. The van der Waals surface area contributed by atoms with Gasteiger partial charge in [0.15, 0.2) is 0 Å². The molecule has 2 aromatic carbocycles. The molecule has 4 bridgehead atoms. The number of fused-ring (bicyclic) bond motifs is 20. The quantitative estimate of drug-likeness (QED) is 0.0656. The fourth-order valence-electron chi connectivity index (χ4n) is 10.0. The fourth-order valence-corrected chi connectivity index (χ4v) is 17.0. The number of nitrogens with zero attached hydrogens (tertiary/aromatic N) is 1. The SMILES string of the molecule is C[C@@H]1NC(=O)[C@@H]2CCCN2C(=O)[C@H](CC(N)=O)NC(=O)[C@@H]2CSSC[C@H](N)C(=O)N[C@H]3CSSC[C@H](NC1=O)C(=O)NC([C@@H](C)O)C(=O)NCC(=O)N[C@H](C(=O)N[C@H](Cc1ccc(O)cc1)C(=O)O)CSSC[C@H](NC(=O)[C@H](Cc1ccc(O)cc1)NC(=O)[C@H](CCC(=O)O)NC3=O)C(=O)N2. The van der Waals surface area contributed by atoms with E-state index in [0.717, 1.165) is 76.6 Å². The van der Waals surface area contributed by atoms with Crippen LogP contribution in [-0.2, 0) is 89.6 Å². The van der Waals surface area contributed by atoms with Crippen molar-refractivity contribution in [3.63, 3.8) is 0 Å². The maximum Gasteiger partial charge on any atom is 0.326 e. The van der Waals surface area contributed by atoms with Gasteiger partial charge in [-0.3, -0.25) is 71.9 Å². The molecule has 552 valence electrons. The highest BCUT2D eigenvalue weighted by Gasteiger charge is 2.42. The van der Waals surface area contributed by atoms with E-state index in [-0.39, 0.29) is 48.6 Å². The van der Waals surface area contributed by atoms with Crippen molar-refractivity contribution < 1.29 is 102 Å². The number of primary amides is 1. The lowest BCUT2D eigenvalue weighted by atomic mass is 10.0. The normalized spacial score (nSPS) is 27.3. The van der Waals surface area contributed by atoms with E-state index < -0.39 is 240 Å². The predicted molar refractivity (Wildman–Crippen MR) is 371 cm³/mol. The maximum atomic E-state index is 15.1. The fraction of sp³-hybridized carbons (Fsp3) is 0.525. The molecule has 4 aliphatic heterocycles. The minimum atomic E-state index is -1.93. The van der Waals surface area contributed by atoms with Crippen LogP contribution in [0.5, 0.6) is 11.5 Å². The first-order chi connectivity index (χ1) is 47.9. The summed E-state index contributed by atoms with van der Waals surface area (Å²) in [5.41, 5.74) is 12.6. The summed E-state index contributed by atoms with van der Waals surface area (Å²) in [6.45, 7) is 1.18. The molecule has 4 saturated heterocycles. The number of rotatable bonds is 13. The average molecular weight is 1530 g/mol. The van der Waals surface area contributed by atoms with Gasteiger partial charge in [0.05, 0.1) is 25.1 Å². The lowest BCUT2D eigenvalue weighted by molar-refractivity contribution is -0.143. The van der Waals surface area contributed by atoms with Crippen molar-refractivity contribution in [3.8, 4) is 11.5 Å². The molecular weight excluding hydrogens is 1450 g/mol. The van der Waals surface area contributed by atoms with Crippen molar-refractivity contribution in [1.29, 1.82) is 0 Å². The van der Waals surface area contributed by atoms with Crippen LogP contribution < -0.4 is 75.3 Å². The summed E-state index contributed by atoms with van der Waals surface area (Å²) in [5, 5.41) is 80.4. The zero-order valence-corrected chi connectivity index (χ0v) is 59.0. The van der Waals surface area contributed by atoms with E-state index >= 15 is 9.59 Å². The van der Waals surface area contributed by atoms with Crippen LogP contribution >= 0.6 is 64.8 Å². The molecule has 0 saturated carbocycles. The number of aliphatic hydroxyl groups excluding tert-OH is 1. The highest BCUT2D eigenvalue weighted by molar-refractivity contribution is 8.77. The number of aromatic hydroxyl groups is 2. The summed E-state index contributed by atoms with van der Waals surface area (Å²) in [6, 6.07) is -11.7. The molecule has 0 aromatic heterocycles. The number of phenolic OH excluding ortho intramolecular Hbond substituents is 2. The Balaban J connectivity index is 1.56. The molecule has 42 heteroatoms. The van der Waals surface area contributed by atoms with Crippen molar-refractivity contribution >= 4 is 159 Å². The standard InChI is InChI=1S/C59H79N15O21S6/c1-26-47(82)69-41-25-101-99-22-38-52(87)65-33(13-14-45(80)81)49(84)66-34(16-28-5-9-30(76)10-6-28)50(85)71-40(54(89)72-39(23-97-96-20-32(60)48(83)70-38)53(88)67-35(18-43(61)78)58(93)74-15-3-4-42(74)56(91)63-26)24-100-98-21-37(64-44(79)19-62-57(92)46(27(2)75)73-55(41)90)51(86)68-36(59(94)95)17-29-7-11-31(77)12-8-29/h5-12,26-27,32-42,46,75-77H,3-4,13-25,60H2,1-2H3,(H2,61,78)(H,62,92)(H,63,91)(H,64,79)(H,65,87)(H,66,84)(H,67,88)(H,68,86)(H,69,82)(H,70,83)(H,71,85)(H,72,89)(H,73,90)(H,80,81)(H,94,95)/t26-,27+,32-,33-,34-,35-,36+,37-,38-,39-,40-,41-,42-,46?/m0/s1. The minimum absolute atomic E-state index is 0.00937. The summed E-state index contributed by atoms with van der Waals surface area (Å²) in [6.07, 6.45) is -4.71. The molecule has 14 atom stereocenters. The van der Waals surface area contributed by atoms with Crippen molar-refractivity contribution in [2.24, 2.45) is 11.5 Å². The second kappa shape index (κ2) is 39.7. The Morgan fingerprint density at radius 3 is 1.61 bits per heavy atom. The van der Waals surface area contributed by atoms with Crippen molar-refractivity contribution in [2.75, 3.05) is 47.6 Å². The maximum absolute atomic E-state index is 15.1. The number of nitrogens with two attached hydrogens (primary N) is 2. The number of aliphatic hydroxyl groups is 1. The molecule has 21 N–H and O–H groups in total. The third-order valence-electron chi connectivity index (χ3n) is 15.6. The number of hydrogen-bond donors (Lipinski definition) is 19. The lowest BCUT2D eigenvalue weighted by Crippen LogP contribution is -2.61. The smallest absolute Gasteiger partial charge is 0.326 e. The van der Waals surface area contributed by atoms with Crippen molar-refractivity contribution in [3.05, 3.63) is 59.7 Å². The molecule has 101 heavy (non-hydrogen) atoms. The number of benzene rings is 2. The van der Waals surface area contributed by atoms with Gasteiger partial charge in [0, 0.05) is 60.3 Å². The molecule has 4 heterocycles. The second-order valence-electron chi connectivity index (χ2n) is 23.5. The van der Waals surface area contributed by atoms with Crippen LogP contribution in [0.2, 0.25) is 0 Å². The van der Waals surface area contributed by atoms with Crippen LogP contribution in [0.25, 0.3) is 0 Å². The lowest BCUT2D eigenvalue weighted by Gasteiger charge is -2.30. The van der Waals surface area contributed by atoms with Crippen LogP contribution in [0.4, 0.5) is 0 Å². The van der Waals surface area contributed by atoms with Crippen LogP contribution in [-0.4, -0.2) is 257 Å². The highest BCUT2D eigenvalue weighted by atomic mass is 33.1. The summed E-state index contributed by atoms with van der Waals surface area (Å²) >= 11 is 0. The van der Waals surface area contributed by atoms with E-state index in [9.17, 15) is 92.7 Å². The Morgan fingerprint density at radius 2 is 1.06 bits per heavy atom. The van der Waals surface area contributed by atoms with Gasteiger partial charge in [-0.25, -0.2) is 4.79 Å². The molecule has 6 rings (SSSR count). The topological polar surface area (TPSA) is 574 Å². The Labute approximate surface area is 600 Å². The Kier molecular flexibility index (Phi) is 32.1. The number of carbonyl (C=O) groups is 16. The number of carbonyl (C=O) groups excluding carboxylic acids is 14. The van der Waals surface area contributed by atoms with Gasteiger partial charge in [-0.1, -0.05) is 89.0 Å². The van der Waals surface area contributed by atoms with E-state index in [1.807, 2.05) is 0 Å². The first kappa shape index (κ1) is 81.5. The van der Waals surface area contributed by atoms with Gasteiger partial charge in [0.25, 0.3) is 0 Å². The van der Waals surface area contributed by atoms with Gasteiger partial charge in [-0.15, -0.1) is 0 Å². The summed E-state index contributed by atoms with van der Waals surface area (Å²) < 4.78 is 0. The Bertz CT molecular complexity index is 3400. The van der Waals surface area contributed by atoms with Gasteiger partial charge in [-0.05, 0) is 68.5 Å². The first-order valence-corrected chi connectivity index (χ1v) is 38.7. The molecule has 0 radical (unpaired) electrons. The number of amides is 14. The van der Waals surface area contributed by atoms with Crippen LogP contribution in [0, 0.1) is 0 Å². The predicted octanol–water partition coefficient (Wildman–Crippen LogP) is -5.94. The second-order valence-corrected chi connectivity index (χ2v) is 31.1. The largest absolute Gasteiger partial charge is 0.508 e. The van der Waals surface area contributed by atoms with E-state index in [0.29, 0.717) is 5.56 Å². The zero-order chi connectivity index (χ0) is 74.2. The number of hydrogen-bond acceptors (Lipinski definition) is 26. The van der Waals surface area contributed by atoms with Crippen molar-refractivity contribution in [1.82, 2.24) is 68.7 Å². The Morgan fingerprint density at radius 1 is 0.574 bits per heavy atom. The van der Waals surface area contributed by atoms with Gasteiger partial charge >= 0.3 is 11.9 Å². The minimum Gasteiger partial charge on any atom is -0.508 e. The van der Waals surface area contributed by atoms with Crippen LogP contribution in [0.3, 0.4) is 0 Å². The first-order valence-electron chi connectivity index (χ1n) is 31.2. The number of carboxylic acid groups (broad SMARTS) is 2. The molecule has 0 spiro atoms. The summed E-state index contributed by atoms with van der Waals surface area (Å²) in [5.74, 6) is -21.7. The van der Waals surface area contributed by atoms with Gasteiger partial charge in [-0.2, -0.15) is 0 Å². The molecule has 4 fully saturated rings. The number of aliphatic carboxylic acids is 2. The molecule has 0 aliphatic carbocycles. The number of carboxylic acids is 2. The van der Waals surface area contributed by atoms with Crippen LogP contribution in [0.15, 0.2) is 48.5 Å².